The fourth-order valence-electron chi connectivity index (χ4n) is 2.75. The SMILES string of the molecule is Cc1nc(CC(C)C(=O)NCCCN)n(Cc2ccccc2)c(=O)c1C. The Hall–Kier alpha value is -2.47. The maximum absolute atomic E-state index is 12.8. The van der Waals surface area contributed by atoms with E-state index < -0.39 is 0 Å². The molecule has 0 saturated heterocycles. The highest BCUT2D eigenvalue weighted by Gasteiger charge is 2.18. The molecule has 1 heterocycles. The number of amides is 1. The highest BCUT2D eigenvalue weighted by atomic mass is 16.2. The van der Waals surface area contributed by atoms with Gasteiger partial charge in [0.15, 0.2) is 0 Å². The van der Waals surface area contributed by atoms with Crippen LogP contribution in [0.5, 0.6) is 0 Å². The fraction of sp³-hybridized carbons (Fsp3) is 0.450. The summed E-state index contributed by atoms with van der Waals surface area (Å²) in [5, 5.41) is 2.88. The number of nitrogens with two attached hydrogens (primary N) is 1. The standard InChI is InChI=1S/C20H28N4O2/c1-14(19(25)22-11-7-10-21)12-18-23-16(3)15(2)20(26)24(18)13-17-8-5-4-6-9-17/h4-6,8-9,14H,7,10-13,21H2,1-3H3,(H,22,25). The second-order valence-electron chi connectivity index (χ2n) is 6.65. The van der Waals surface area contributed by atoms with Crippen LogP contribution in [0.15, 0.2) is 35.1 Å². The molecule has 1 amide bonds. The molecule has 1 aromatic heterocycles. The molecule has 0 aliphatic carbocycles. The Balaban J connectivity index is 2.26. The summed E-state index contributed by atoms with van der Waals surface area (Å²) in [7, 11) is 0. The van der Waals surface area contributed by atoms with Crippen molar-refractivity contribution in [1.29, 1.82) is 0 Å². The van der Waals surface area contributed by atoms with Crippen LogP contribution in [-0.4, -0.2) is 28.5 Å². The molecule has 6 nitrogen and oxygen atoms in total. The van der Waals surface area contributed by atoms with E-state index in [4.69, 9.17) is 5.73 Å². The van der Waals surface area contributed by atoms with E-state index in [0.29, 0.717) is 43.1 Å². The monoisotopic (exact) mass is 356 g/mol. The van der Waals surface area contributed by atoms with Crippen LogP contribution in [0.3, 0.4) is 0 Å². The summed E-state index contributed by atoms with van der Waals surface area (Å²) in [5.41, 5.74) is 7.79. The second-order valence-corrected chi connectivity index (χ2v) is 6.65. The molecule has 1 atom stereocenters. The Morgan fingerprint density at radius 2 is 1.96 bits per heavy atom. The minimum Gasteiger partial charge on any atom is -0.356 e. The molecule has 0 radical (unpaired) electrons. The van der Waals surface area contributed by atoms with Gasteiger partial charge in [-0.2, -0.15) is 0 Å². The molecule has 26 heavy (non-hydrogen) atoms. The third-order valence-corrected chi connectivity index (χ3v) is 4.52. The van der Waals surface area contributed by atoms with Crippen molar-refractivity contribution < 1.29 is 4.79 Å². The molecular weight excluding hydrogens is 328 g/mol. The Morgan fingerprint density at radius 1 is 1.27 bits per heavy atom. The Bertz CT molecular complexity index is 799. The molecule has 1 aromatic carbocycles. The topological polar surface area (TPSA) is 90.0 Å². The van der Waals surface area contributed by atoms with Gasteiger partial charge in [-0.05, 0) is 32.4 Å². The van der Waals surface area contributed by atoms with Gasteiger partial charge in [0.1, 0.15) is 5.82 Å². The van der Waals surface area contributed by atoms with Crippen LogP contribution < -0.4 is 16.6 Å². The Labute approximate surface area is 154 Å². The van der Waals surface area contributed by atoms with Crippen molar-refractivity contribution in [3.63, 3.8) is 0 Å². The lowest BCUT2D eigenvalue weighted by atomic mass is 10.1. The van der Waals surface area contributed by atoms with Gasteiger partial charge >= 0.3 is 0 Å². The Kier molecular flexibility index (Phi) is 7.09. The first kappa shape index (κ1) is 19.8. The number of hydrogen-bond acceptors (Lipinski definition) is 4. The zero-order valence-electron chi connectivity index (χ0n) is 15.8. The number of nitrogens with one attached hydrogen (secondary N) is 1. The first-order valence-electron chi connectivity index (χ1n) is 9.02. The van der Waals surface area contributed by atoms with Crippen LogP contribution in [0.1, 0.15) is 36.0 Å². The van der Waals surface area contributed by atoms with Gasteiger partial charge in [0.05, 0.1) is 6.54 Å². The lowest BCUT2D eigenvalue weighted by Gasteiger charge is -2.17. The molecule has 0 aliphatic rings. The van der Waals surface area contributed by atoms with Gasteiger partial charge in [-0.15, -0.1) is 0 Å². The van der Waals surface area contributed by atoms with Gasteiger partial charge in [0, 0.05) is 30.1 Å². The van der Waals surface area contributed by atoms with Crippen molar-refractivity contribution in [2.24, 2.45) is 11.7 Å². The summed E-state index contributed by atoms with van der Waals surface area (Å²) in [6.07, 6.45) is 1.16. The van der Waals surface area contributed by atoms with Crippen molar-refractivity contribution in [2.75, 3.05) is 13.1 Å². The number of carbonyl (C=O) groups is 1. The number of hydrogen-bond donors (Lipinski definition) is 2. The van der Waals surface area contributed by atoms with Crippen LogP contribution in [0, 0.1) is 19.8 Å². The largest absolute Gasteiger partial charge is 0.356 e. The van der Waals surface area contributed by atoms with Gasteiger partial charge in [0.2, 0.25) is 5.91 Å². The number of benzene rings is 1. The van der Waals surface area contributed by atoms with Crippen LogP contribution in [0.25, 0.3) is 0 Å². The quantitative estimate of drug-likeness (QED) is 0.702. The maximum Gasteiger partial charge on any atom is 0.256 e. The normalized spacial score (nSPS) is 12.0. The molecule has 140 valence electrons. The maximum atomic E-state index is 12.8. The molecule has 0 saturated carbocycles. The number of nitrogens with zero attached hydrogens (tertiary/aromatic N) is 2. The highest BCUT2D eigenvalue weighted by Crippen LogP contribution is 2.11. The predicted molar refractivity (Wildman–Crippen MR) is 103 cm³/mol. The van der Waals surface area contributed by atoms with Gasteiger partial charge < -0.3 is 11.1 Å². The zero-order chi connectivity index (χ0) is 19.1. The molecule has 0 bridgehead atoms. The van der Waals surface area contributed by atoms with Crippen molar-refractivity contribution in [3.8, 4) is 0 Å². The van der Waals surface area contributed by atoms with Crippen LogP contribution in [-0.2, 0) is 17.8 Å². The third-order valence-electron chi connectivity index (χ3n) is 4.52. The van der Waals surface area contributed by atoms with Crippen LogP contribution in [0.4, 0.5) is 0 Å². The van der Waals surface area contributed by atoms with E-state index in [2.05, 4.69) is 10.3 Å². The fourth-order valence-corrected chi connectivity index (χ4v) is 2.75. The number of aromatic nitrogens is 2. The van der Waals surface area contributed by atoms with E-state index in [-0.39, 0.29) is 17.4 Å². The lowest BCUT2D eigenvalue weighted by Crippen LogP contribution is -2.35. The van der Waals surface area contributed by atoms with E-state index in [0.717, 1.165) is 12.0 Å². The van der Waals surface area contributed by atoms with E-state index in [1.165, 1.54) is 0 Å². The predicted octanol–water partition coefficient (Wildman–Crippen LogP) is 1.55. The molecule has 2 rings (SSSR count). The Morgan fingerprint density at radius 3 is 2.62 bits per heavy atom. The summed E-state index contributed by atoms with van der Waals surface area (Å²) in [6.45, 7) is 7.04. The van der Waals surface area contributed by atoms with Crippen molar-refractivity contribution in [1.82, 2.24) is 14.9 Å². The zero-order valence-corrected chi connectivity index (χ0v) is 15.8. The molecule has 0 spiro atoms. The summed E-state index contributed by atoms with van der Waals surface area (Å²) in [4.78, 5) is 29.7. The second kappa shape index (κ2) is 9.29. The molecule has 0 fully saturated rings. The number of rotatable bonds is 8. The summed E-state index contributed by atoms with van der Waals surface area (Å²) in [6, 6.07) is 9.80. The van der Waals surface area contributed by atoms with Crippen molar-refractivity contribution >= 4 is 5.91 Å². The molecule has 0 aliphatic heterocycles. The average molecular weight is 356 g/mol. The van der Waals surface area contributed by atoms with E-state index in [1.54, 1.807) is 11.5 Å². The molecule has 3 N–H and O–H groups in total. The van der Waals surface area contributed by atoms with E-state index in [9.17, 15) is 9.59 Å². The number of carbonyl (C=O) groups excluding carboxylic acids is 1. The van der Waals surface area contributed by atoms with Gasteiger partial charge in [-0.25, -0.2) is 4.98 Å². The first-order chi connectivity index (χ1) is 12.4. The first-order valence-corrected chi connectivity index (χ1v) is 9.02. The molecule has 2 aromatic rings. The van der Waals surface area contributed by atoms with E-state index >= 15 is 0 Å². The molecule has 6 heteroatoms. The van der Waals surface area contributed by atoms with Gasteiger partial charge in [0.25, 0.3) is 5.56 Å². The minimum atomic E-state index is -0.274. The van der Waals surface area contributed by atoms with Gasteiger partial charge in [-0.3, -0.25) is 14.2 Å². The average Bonchev–Trinajstić information content (AvgIpc) is 2.64. The van der Waals surface area contributed by atoms with Crippen molar-refractivity contribution in [3.05, 3.63) is 63.3 Å². The van der Waals surface area contributed by atoms with Crippen molar-refractivity contribution in [2.45, 2.75) is 40.2 Å². The number of aryl methyl sites for hydroxylation is 1. The third kappa shape index (κ3) is 5.02. The molecule has 1 unspecified atom stereocenters. The lowest BCUT2D eigenvalue weighted by molar-refractivity contribution is -0.124. The van der Waals surface area contributed by atoms with E-state index in [1.807, 2.05) is 44.2 Å². The minimum absolute atomic E-state index is 0.0443. The smallest absolute Gasteiger partial charge is 0.256 e. The summed E-state index contributed by atoms with van der Waals surface area (Å²) < 4.78 is 1.68. The molecular formula is C20H28N4O2. The summed E-state index contributed by atoms with van der Waals surface area (Å²) in [5.74, 6) is 0.324. The van der Waals surface area contributed by atoms with Gasteiger partial charge in [-0.1, -0.05) is 37.3 Å². The van der Waals surface area contributed by atoms with Crippen LogP contribution >= 0.6 is 0 Å². The summed E-state index contributed by atoms with van der Waals surface area (Å²) >= 11 is 0. The van der Waals surface area contributed by atoms with Crippen LogP contribution in [0.2, 0.25) is 0 Å². The highest BCUT2D eigenvalue weighted by molar-refractivity contribution is 5.78.